The van der Waals surface area contributed by atoms with Crippen molar-refractivity contribution in [2.75, 3.05) is 26.2 Å². The Hall–Kier alpha value is -0.770. The zero-order valence-electron chi connectivity index (χ0n) is 7.58. The van der Waals surface area contributed by atoms with Gasteiger partial charge in [0.25, 0.3) is 0 Å². The maximum atomic E-state index is 11.0. The third kappa shape index (κ3) is 0.981. The van der Waals surface area contributed by atoms with Crippen LogP contribution in [0.1, 0.15) is 12.8 Å². The third-order valence-corrected chi connectivity index (χ3v) is 3.69. The first-order valence-electron chi connectivity index (χ1n) is 4.96. The summed E-state index contributed by atoms with van der Waals surface area (Å²) < 4.78 is 5.02. The maximum Gasteiger partial charge on any atom is 0.407 e. The second-order valence-corrected chi connectivity index (χ2v) is 4.41. The Morgan fingerprint density at radius 1 is 1.46 bits per heavy atom. The maximum absolute atomic E-state index is 11.0. The summed E-state index contributed by atoms with van der Waals surface area (Å²) in [5, 5.41) is 3.00. The zero-order chi connectivity index (χ0) is 8.89. The number of alkyl carbamates (subject to hydrolysis) is 1. The van der Waals surface area contributed by atoms with Crippen LogP contribution in [-0.4, -0.2) is 42.8 Å². The molecule has 0 aromatic carbocycles. The third-order valence-electron chi connectivity index (χ3n) is 3.69. The summed E-state index contributed by atoms with van der Waals surface area (Å²) in [7, 11) is 0. The predicted octanol–water partition coefficient (Wildman–Crippen LogP) is 0.191. The molecular formula is C9H14N2O2. The molecule has 4 nitrogen and oxygen atoms in total. The van der Waals surface area contributed by atoms with E-state index in [1.54, 1.807) is 0 Å². The number of carbonyl (C=O) groups excluding carboxylic acids is 1. The molecule has 0 aliphatic carbocycles. The molecule has 0 aromatic rings. The first-order valence-corrected chi connectivity index (χ1v) is 4.96. The molecule has 4 fully saturated rings. The van der Waals surface area contributed by atoms with Gasteiger partial charge < -0.3 is 15.0 Å². The smallest absolute Gasteiger partial charge is 0.407 e. The first kappa shape index (κ1) is 7.62. The standard InChI is InChI=1S/C9H14N2O2/c12-8-10-9(6-13-8)5-11-3-1-7(9)2-4-11/h7H,1-6H2,(H,10,12)/t9-/m0/s1. The Kier molecular flexibility index (Phi) is 1.39. The molecule has 1 N–H and O–H groups in total. The number of hydrogen-bond acceptors (Lipinski definition) is 3. The van der Waals surface area contributed by atoms with E-state index in [4.69, 9.17) is 4.74 Å². The number of rotatable bonds is 0. The summed E-state index contributed by atoms with van der Waals surface area (Å²) in [6, 6.07) is 0. The van der Waals surface area contributed by atoms with Gasteiger partial charge in [-0.15, -0.1) is 0 Å². The molecule has 0 saturated carbocycles. The fraction of sp³-hybridized carbons (Fsp3) is 0.889. The van der Waals surface area contributed by atoms with Crippen LogP contribution >= 0.6 is 0 Å². The minimum absolute atomic E-state index is 0.0341. The van der Waals surface area contributed by atoms with Crippen LogP contribution in [0.2, 0.25) is 0 Å². The second-order valence-electron chi connectivity index (χ2n) is 4.41. The molecule has 4 rings (SSSR count). The van der Waals surface area contributed by atoms with Gasteiger partial charge in [-0.25, -0.2) is 4.79 Å². The van der Waals surface area contributed by atoms with Crippen LogP contribution in [-0.2, 0) is 4.74 Å². The summed E-state index contributed by atoms with van der Waals surface area (Å²) in [5.74, 6) is 0.643. The Labute approximate surface area is 77.2 Å². The molecule has 1 amide bonds. The number of piperidine rings is 3. The van der Waals surface area contributed by atoms with Crippen molar-refractivity contribution < 1.29 is 9.53 Å². The Bertz CT molecular complexity index is 248. The van der Waals surface area contributed by atoms with Gasteiger partial charge in [0, 0.05) is 6.54 Å². The number of cyclic esters (lactones) is 1. The lowest BCUT2D eigenvalue weighted by molar-refractivity contribution is 0.0113. The van der Waals surface area contributed by atoms with Crippen LogP contribution in [0.25, 0.3) is 0 Å². The van der Waals surface area contributed by atoms with Crippen molar-refractivity contribution in [3.8, 4) is 0 Å². The van der Waals surface area contributed by atoms with E-state index in [1.165, 1.54) is 25.9 Å². The van der Waals surface area contributed by atoms with Crippen molar-refractivity contribution in [2.24, 2.45) is 5.92 Å². The van der Waals surface area contributed by atoms with Gasteiger partial charge in [-0.1, -0.05) is 0 Å². The number of nitrogens with zero attached hydrogens (tertiary/aromatic N) is 1. The van der Waals surface area contributed by atoms with Crippen LogP contribution in [0.15, 0.2) is 0 Å². The Balaban J connectivity index is 1.87. The number of hydrogen-bond donors (Lipinski definition) is 1. The summed E-state index contributed by atoms with van der Waals surface area (Å²) in [5.41, 5.74) is -0.0341. The van der Waals surface area contributed by atoms with E-state index in [-0.39, 0.29) is 11.6 Å². The summed E-state index contributed by atoms with van der Waals surface area (Å²) in [6.45, 7) is 3.96. The van der Waals surface area contributed by atoms with E-state index >= 15 is 0 Å². The van der Waals surface area contributed by atoms with E-state index in [2.05, 4.69) is 10.2 Å². The van der Waals surface area contributed by atoms with E-state index in [9.17, 15) is 4.79 Å². The number of fused-ring (bicyclic) bond motifs is 2. The van der Waals surface area contributed by atoms with Crippen LogP contribution in [0.3, 0.4) is 0 Å². The second kappa shape index (κ2) is 2.38. The van der Waals surface area contributed by atoms with Crippen LogP contribution < -0.4 is 5.32 Å². The lowest BCUT2D eigenvalue weighted by atomic mass is 9.74. The Morgan fingerprint density at radius 2 is 2.23 bits per heavy atom. The molecule has 72 valence electrons. The van der Waals surface area contributed by atoms with Gasteiger partial charge in [0.2, 0.25) is 0 Å². The normalized spacial score (nSPS) is 47.8. The molecule has 4 aliphatic rings. The highest BCUT2D eigenvalue weighted by Gasteiger charge is 2.51. The van der Waals surface area contributed by atoms with Crippen molar-refractivity contribution >= 4 is 6.09 Å². The van der Waals surface area contributed by atoms with Crippen LogP contribution in [0.4, 0.5) is 4.79 Å². The average Bonchev–Trinajstić information content (AvgIpc) is 2.49. The summed E-state index contributed by atoms with van der Waals surface area (Å²) in [6.07, 6.45) is 2.20. The number of amides is 1. The first-order chi connectivity index (χ1) is 6.28. The zero-order valence-corrected chi connectivity index (χ0v) is 7.58. The lowest BCUT2D eigenvalue weighted by Crippen LogP contribution is -2.65. The highest BCUT2D eigenvalue weighted by atomic mass is 16.6. The van der Waals surface area contributed by atoms with Gasteiger partial charge in [0.05, 0.1) is 5.54 Å². The molecule has 2 bridgehead atoms. The minimum atomic E-state index is -0.228. The Morgan fingerprint density at radius 3 is 2.69 bits per heavy atom. The fourth-order valence-corrected chi connectivity index (χ4v) is 2.95. The minimum Gasteiger partial charge on any atom is -0.447 e. The van der Waals surface area contributed by atoms with Gasteiger partial charge in [-0.05, 0) is 31.8 Å². The summed E-state index contributed by atoms with van der Waals surface area (Å²) in [4.78, 5) is 13.5. The molecule has 4 heteroatoms. The van der Waals surface area contributed by atoms with Gasteiger partial charge in [0.1, 0.15) is 6.61 Å². The van der Waals surface area contributed by atoms with Crippen LogP contribution in [0, 0.1) is 5.92 Å². The molecule has 1 spiro atoms. The SMILES string of the molecule is O=C1N[C@]2(CO1)CN1CCC2CC1. The van der Waals surface area contributed by atoms with Gasteiger partial charge >= 0.3 is 6.09 Å². The van der Waals surface area contributed by atoms with Gasteiger partial charge in [-0.3, -0.25) is 0 Å². The monoisotopic (exact) mass is 182 g/mol. The summed E-state index contributed by atoms with van der Waals surface area (Å²) >= 11 is 0. The van der Waals surface area contributed by atoms with E-state index in [0.717, 1.165) is 6.54 Å². The lowest BCUT2D eigenvalue weighted by Gasteiger charge is -2.50. The van der Waals surface area contributed by atoms with Crippen molar-refractivity contribution in [2.45, 2.75) is 18.4 Å². The molecule has 4 heterocycles. The molecule has 0 unspecified atom stereocenters. The molecule has 13 heavy (non-hydrogen) atoms. The average molecular weight is 182 g/mol. The molecule has 1 atom stereocenters. The van der Waals surface area contributed by atoms with E-state index in [1.807, 2.05) is 0 Å². The number of ether oxygens (including phenoxy) is 1. The molecule has 0 aromatic heterocycles. The quantitative estimate of drug-likeness (QED) is 0.581. The molecule has 0 radical (unpaired) electrons. The molecule has 4 saturated heterocycles. The van der Waals surface area contributed by atoms with Gasteiger partial charge in [-0.2, -0.15) is 0 Å². The van der Waals surface area contributed by atoms with Crippen LogP contribution in [0.5, 0.6) is 0 Å². The van der Waals surface area contributed by atoms with Crippen molar-refractivity contribution in [3.63, 3.8) is 0 Å². The number of nitrogens with one attached hydrogen (secondary N) is 1. The predicted molar refractivity (Wildman–Crippen MR) is 46.4 cm³/mol. The molecular weight excluding hydrogens is 168 g/mol. The highest BCUT2D eigenvalue weighted by molar-refractivity contribution is 5.71. The largest absolute Gasteiger partial charge is 0.447 e. The van der Waals surface area contributed by atoms with Crippen molar-refractivity contribution in [1.82, 2.24) is 10.2 Å². The van der Waals surface area contributed by atoms with Crippen molar-refractivity contribution in [3.05, 3.63) is 0 Å². The number of carbonyl (C=O) groups is 1. The van der Waals surface area contributed by atoms with Gasteiger partial charge in [0.15, 0.2) is 0 Å². The molecule has 4 aliphatic heterocycles. The highest BCUT2D eigenvalue weighted by Crippen LogP contribution is 2.37. The van der Waals surface area contributed by atoms with E-state index in [0.29, 0.717) is 12.5 Å². The van der Waals surface area contributed by atoms with Crippen molar-refractivity contribution in [1.29, 1.82) is 0 Å². The fourth-order valence-electron chi connectivity index (χ4n) is 2.95. The topological polar surface area (TPSA) is 41.6 Å². The van der Waals surface area contributed by atoms with E-state index < -0.39 is 0 Å².